The lowest BCUT2D eigenvalue weighted by atomic mass is 9.92. The van der Waals surface area contributed by atoms with E-state index in [-0.39, 0.29) is 6.04 Å². The Kier molecular flexibility index (Phi) is 5.05. The van der Waals surface area contributed by atoms with E-state index in [1.807, 2.05) is 15.6 Å². The Labute approximate surface area is 194 Å². The topological polar surface area (TPSA) is 75.0 Å². The Morgan fingerprint density at radius 3 is 2.58 bits per heavy atom. The molecule has 3 aliphatic rings. The molecule has 2 unspecified atom stereocenters. The van der Waals surface area contributed by atoms with E-state index in [0.717, 1.165) is 50.7 Å². The van der Waals surface area contributed by atoms with Crippen molar-refractivity contribution in [2.45, 2.75) is 31.8 Å². The van der Waals surface area contributed by atoms with Gasteiger partial charge >= 0.3 is 0 Å². The van der Waals surface area contributed by atoms with Crippen LogP contribution in [0.5, 0.6) is 0 Å². The fourth-order valence-electron chi connectivity index (χ4n) is 5.44. The summed E-state index contributed by atoms with van der Waals surface area (Å²) in [6.07, 6.45) is 4.89. The average Bonchev–Trinajstić information content (AvgIpc) is 3.31. The number of anilines is 4. The molecule has 2 aromatic heterocycles. The van der Waals surface area contributed by atoms with Crippen LogP contribution in [0.2, 0.25) is 5.15 Å². The minimum atomic E-state index is -0.864. The normalized spacial score (nSPS) is 24.2. The summed E-state index contributed by atoms with van der Waals surface area (Å²) < 4.78 is 29.1. The molecule has 1 N–H and O–H groups in total. The maximum atomic E-state index is 13.8. The zero-order valence-electron chi connectivity index (χ0n) is 17.8. The number of piperidine rings is 1. The SMILES string of the molecule is Fc1ccc(N2CCCn3nc(NC4C5CCC4CN(c4cnnc(Cl)c4)C5)nc32)cc1F. The van der Waals surface area contributed by atoms with Crippen molar-refractivity contribution < 1.29 is 8.78 Å². The number of nitrogens with zero attached hydrogens (tertiary/aromatic N) is 7. The highest BCUT2D eigenvalue weighted by Crippen LogP contribution is 2.40. The van der Waals surface area contributed by atoms with Crippen molar-refractivity contribution in [3.05, 3.63) is 47.2 Å². The van der Waals surface area contributed by atoms with Crippen molar-refractivity contribution in [1.29, 1.82) is 0 Å². The molecule has 1 saturated heterocycles. The minimum absolute atomic E-state index is 0.285. The van der Waals surface area contributed by atoms with Gasteiger partial charge < -0.3 is 15.1 Å². The van der Waals surface area contributed by atoms with Crippen LogP contribution in [-0.2, 0) is 6.54 Å². The third-order valence-electron chi connectivity index (χ3n) is 6.97. The third-order valence-corrected chi connectivity index (χ3v) is 7.15. The van der Waals surface area contributed by atoms with Crippen LogP contribution in [0.1, 0.15) is 19.3 Å². The second-order valence-corrected chi connectivity index (χ2v) is 9.36. The van der Waals surface area contributed by atoms with Crippen molar-refractivity contribution in [1.82, 2.24) is 25.0 Å². The summed E-state index contributed by atoms with van der Waals surface area (Å²) in [6.45, 7) is 3.23. The summed E-state index contributed by atoms with van der Waals surface area (Å²) >= 11 is 6.04. The second kappa shape index (κ2) is 8.09. The zero-order valence-corrected chi connectivity index (χ0v) is 18.6. The van der Waals surface area contributed by atoms with Gasteiger partial charge in [-0.3, -0.25) is 0 Å². The highest BCUT2D eigenvalue weighted by atomic mass is 35.5. The van der Waals surface area contributed by atoms with Crippen LogP contribution in [0, 0.1) is 23.5 Å². The molecule has 172 valence electrons. The van der Waals surface area contributed by atoms with Crippen LogP contribution in [0.4, 0.5) is 32.1 Å². The van der Waals surface area contributed by atoms with Crippen molar-refractivity contribution in [3.8, 4) is 0 Å². The Hall–Kier alpha value is -3.01. The highest BCUT2D eigenvalue weighted by molar-refractivity contribution is 6.29. The van der Waals surface area contributed by atoms with Gasteiger partial charge in [-0.25, -0.2) is 13.5 Å². The van der Waals surface area contributed by atoms with Crippen LogP contribution in [-0.4, -0.2) is 50.6 Å². The standard InChI is InChI=1S/C22H23ClF2N8/c23-19-9-16(10-26-29-19)31-11-13-2-3-14(12-31)20(13)27-21-28-22-32(6-1-7-33(22)30-21)15-4-5-17(24)18(25)8-15/h4-5,8-10,13-14,20H,1-3,6-7,11-12H2,(H,27,30). The number of benzene rings is 1. The maximum Gasteiger partial charge on any atom is 0.244 e. The molecule has 3 aromatic rings. The van der Waals surface area contributed by atoms with E-state index in [1.165, 1.54) is 6.07 Å². The number of rotatable bonds is 4. The number of halogens is 3. The number of aromatic nitrogens is 5. The molecule has 4 heterocycles. The first-order valence-electron chi connectivity index (χ1n) is 11.2. The molecule has 11 heteroatoms. The number of hydrogen-bond donors (Lipinski definition) is 1. The summed E-state index contributed by atoms with van der Waals surface area (Å²) in [6, 6.07) is 6.08. The molecule has 1 saturated carbocycles. The average molecular weight is 473 g/mol. The van der Waals surface area contributed by atoms with E-state index >= 15 is 0 Å². The van der Waals surface area contributed by atoms with Gasteiger partial charge in [0.1, 0.15) is 0 Å². The fourth-order valence-corrected chi connectivity index (χ4v) is 5.60. The molecule has 0 radical (unpaired) electrons. The first kappa shape index (κ1) is 20.6. The molecular weight excluding hydrogens is 450 g/mol. The summed E-state index contributed by atoms with van der Waals surface area (Å²) in [5.74, 6) is 0.431. The van der Waals surface area contributed by atoms with Gasteiger partial charge in [0.15, 0.2) is 16.8 Å². The van der Waals surface area contributed by atoms with E-state index < -0.39 is 11.6 Å². The smallest absolute Gasteiger partial charge is 0.244 e. The number of hydrogen-bond acceptors (Lipinski definition) is 7. The molecule has 2 atom stereocenters. The summed E-state index contributed by atoms with van der Waals surface area (Å²) in [5.41, 5.74) is 1.58. The molecule has 1 aliphatic carbocycles. The van der Waals surface area contributed by atoms with Gasteiger partial charge in [-0.1, -0.05) is 11.6 Å². The van der Waals surface area contributed by atoms with Crippen LogP contribution < -0.4 is 15.1 Å². The first-order chi connectivity index (χ1) is 16.0. The molecule has 0 amide bonds. The van der Waals surface area contributed by atoms with Gasteiger partial charge in [-0.2, -0.15) is 10.1 Å². The van der Waals surface area contributed by atoms with Gasteiger partial charge in [0.05, 0.1) is 11.9 Å². The van der Waals surface area contributed by atoms with Crippen LogP contribution in [0.15, 0.2) is 30.5 Å². The number of fused-ring (bicyclic) bond motifs is 3. The Morgan fingerprint density at radius 1 is 1.00 bits per heavy atom. The molecule has 6 rings (SSSR count). The Morgan fingerprint density at radius 2 is 1.82 bits per heavy atom. The van der Waals surface area contributed by atoms with Crippen molar-refractivity contribution in [2.24, 2.45) is 11.8 Å². The van der Waals surface area contributed by atoms with Crippen LogP contribution in [0.3, 0.4) is 0 Å². The highest BCUT2D eigenvalue weighted by Gasteiger charge is 2.43. The lowest BCUT2D eigenvalue weighted by molar-refractivity contribution is 0.376. The number of nitrogens with one attached hydrogen (secondary N) is 1. The molecule has 0 spiro atoms. The summed E-state index contributed by atoms with van der Waals surface area (Å²) in [5, 5.41) is 16.5. The van der Waals surface area contributed by atoms with Gasteiger partial charge in [-0.05, 0) is 43.2 Å². The van der Waals surface area contributed by atoms with Gasteiger partial charge in [0, 0.05) is 50.0 Å². The van der Waals surface area contributed by atoms with Gasteiger partial charge in [0.25, 0.3) is 0 Å². The van der Waals surface area contributed by atoms with E-state index in [0.29, 0.717) is 41.1 Å². The number of aryl methyl sites for hydroxylation is 1. The lowest BCUT2D eigenvalue weighted by Gasteiger charge is -2.39. The lowest BCUT2D eigenvalue weighted by Crippen LogP contribution is -2.48. The van der Waals surface area contributed by atoms with E-state index in [9.17, 15) is 8.78 Å². The van der Waals surface area contributed by atoms with E-state index in [1.54, 1.807) is 12.3 Å². The molecule has 33 heavy (non-hydrogen) atoms. The quantitative estimate of drug-likeness (QED) is 0.617. The van der Waals surface area contributed by atoms with Gasteiger partial charge in [-0.15, -0.1) is 10.2 Å². The maximum absolute atomic E-state index is 13.8. The minimum Gasteiger partial charge on any atom is -0.369 e. The monoisotopic (exact) mass is 472 g/mol. The van der Waals surface area contributed by atoms with E-state index in [2.05, 4.69) is 25.5 Å². The van der Waals surface area contributed by atoms with Crippen LogP contribution in [0.25, 0.3) is 0 Å². The zero-order chi connectivity index (χ0) is 22.5. The van der Waals surface area contributed by atoms with Gasteiger partial charge in [0.2, 0.25) is 11.9 Å². The van der Waals surface area contributed by atoms with Crippen molar-refractivity contribution >= 4 is 34.9 Å². The third kappa shape index (κ3) is 3.76. The molecule has 2 bridgehead atoms. The van der Waals surface area contributed by atoms with E-state index in [4.69, 9.17) is 16.6 Å². The Balaban J connectivity index is 1.21. The molecule has 1 aromatic carbocycles. The van der Waals surface area contributed by atoms with Crippen molar-refractivity contribution in [2.75, 3.05) is 34.8 Å². The predicted molar refractivity (Wildman–Crippen MR) is 121 cm³/mol. The Bertz CT molecular complexity index is 1170. The first-order valence-corrected chi connectivity index (χ1v) is 11.6. The van der Waals surface area contributed by atoms with Crippen molar-refractivity contribution in [3.63, 3.8) is 0 Å². The predicted octanol–water partition coefficient (Wildman–Crippen LogP) is 3.87. The second-order valence-electron chi connectivity index (χ2n) is 8.97. The molecule has 8 nitrogen and oxygen atoms in total. The molecule has 2 aliphatic heterocycles. The fraction of sp³-hybridized carbons (Fsp3) is 0.455. The summed E-state index contributed by atoms with van der Waals surface area (Å²) in [4.78, 5) is 8.96. The molecule has 2 fully saturated rings. The van der Waals surface area contributed by atoms with Crippen LogP contribution >= 0.6 is 11.6 Å². The largest absolute Gasteiger partial charge is 0.369 e. The molecular formula is C22H23ClF2N8. The summed E-state index contributed by atoms with van der Waals surface area (Å²) in [7, 11) is 0.